The van der Waals surface area contributed by atoms with Crippen molar-refractivity contribution >= 4 is 23.7 Å². The summed E-state index contributed by atoms with van der Waals surface area (Å²) in [5.74, 6) is -0.821. The van der Waals surface area contributed by atoms with Gasteiger partial charge in [0.1, 0.15) is 0 Å². The van der Waals surface area contributed by atoms with Crippen molar-refractivity contribution in [2.24, 2.45) is 11.3 Å². The Hall–Kier alpha value is -3.04. The van der Waals surface area contributed by atoms with Crippen LogP contribution in [0.3, 0.4) is 0 Å². The molecular weight excluding hydrogens is 486 g/mol. The standard InChI is InChI=1S/C26H30F6N2O2/c1-6-24(13-16(2)3,14-34(15-35)22-17(4)8-7-9-18(22)5)23(36)33-21-11-19(25(27,28)29)10-20(12-21)26(30,31)32/h7-12,15-16H,6,13-14H2,1-5H3,(H,33,36)/t24-/m1/s1. The van der Waals surface area contributed by atoms with Crippen molar-refractivity contribution < 1.29 is 35.9 Å². The summed E-state index contributed by atoms with van der Waals surface area (Å²) in [4.78, 5) is 27.1. The third-order valence-electron chi connectivity index (χ3n) is 6.13. The highest BCUT2D eigenvalue weighted by Gasteiger charge is 2.41. The van der Waals surface area contributed by atoms with Gasteiger partial charge >= 0.3 is 12.4 Å². The fourth-order valence-electron chi connectivity index (χ4n) is 4.47. The average molecular weight is 517 g/mol. The molecule has 1 N–H and O–H groups in total. The van der Waals surface area contributed by atoms with Crippen LogP contribution in [0.2, 0.25) is 0 Å². The van der Waals surface area contributed by atoms with Crippen LogP contribution in [0, 0.1) is 25.2 Å². The van der Waals surface area contributed by atoms with E-state index in [-0.39, 0.29) is 31.4 Å². The number of nitrogens with one attached hydrogen (secondary N) is 1. The van der Waals surface area contributed by atoms with Crippen molar-refractivity contribution in [3.05, 3.63) is 58.7 Å². The van der Waals surface area contributed by atoms with E-state index in [1.807, 2.05) is 19.9 Å². The summed E-state index contributed by atoms with van der Waals surface area (Å²) in [5, 5.41) is 2.29. The van der Waals surface area contributed by atoms with Gasteiger partial charge in [0.25, 0.3) is 0 Å². The van der Waals surface area contributed by atoms with Crippen molar-refractivity contribution in [2.75, 3.05) is 16.8 Å². The molecule has 0 aliphatic rings. The Kier molecular flexibility index (Phi) is 8.86. The fourth-order valence-corrected chi connectivity index (χ4v) is 4.47. The number of carbonyl (C=O) groups is 2. The number of nitrogens with zero attached hydrogens (tertiary/aromatic N) is 1. The van der Waals surface area contributed by atoms with E-state index < -0.39 is 40.5 Å². The Morgan fingerprint density at radius 2 is 1.47 bits per heavy atom. The minimum atomic E-state index is -5.04. The van der Waals surface area contributed by atoms with Gasteiger partial charge in [-0.15, -0.1) is 0 Å². The van der Waals surface area contributed by atoms with Crippen LogP contribution in [0.1, 0.15) is 55.9 Å². The molecule has 0 fully saturated rings. The van der Waals surface area contributed by atoms with E-state index in [4.69, 9.17) is 0 Å². The Bertz CT molecular complexity index is 1040. The van der Waals surface area contributed by atoms with Gasteiger partial charge in [0.05, 0.1) is 16.5 Å². The molecule has 0 saturated heterocycles. The van der Waals surface area contributed by atoms with Crippen LogP contribution in [0.4, 0.5) is 37.7 Å². The van der Waals surface area contributed by atoms with Crippen LogP contribution in [0.25, 0.3) is 0 Å². The molecule has 2 rings (SSSR count). The number of amides is 2. The molecular formula is C26H30F6N2O2. The summed E-state index contributed by atoms with van der Waals surface area (Å²) in [6.07, 6.45) is -9.07. The maximum absolute atomic E-state index is 13.6. The highest BCUT2D eigenvalue weighted by molar-refractivity contribution is 5.96. The van der Waals surface area contributed by atoms with Crippen LogP contribution in [-0.4, -0.2) is 18.9 Å². The second kappa shape index (κ2) is 10.9. The molecule has 10 heteroatoms. The highest BCUT2D eigenvalue weighted by Crippen LogP contribution is 2.39. The smallest absolute Gasteiger partial charge is 0.326 e. The zero-order chi connectivity index (χ0) is 27.5. The molecule has 0 unspecified atom stereocenters. The molecule has 2 aromatic rings. The van der Waals surface area contributed by atoms with Crippen LogP contribution in [-0.2, 0) is 21.9 Å². The predicted octanol–water partition coefficient (Wildman–Crippen LogP) is 7.39. The van der Waals surface area contributed by atoms with Crippen molar-refractivity contribution in [3.63, 3.8) is 0 Å². The molecule has 0 aliphatic heterocycles. The molecule has 0 bridgehead atoms. The number of alkyl halides is 6. The van der Waals surface area contributed by atoms with E-state index in [2.05, 4.69) is 5.32 Å². The number of hydrogen-bond acceptors (Lipinski definition) is 2. The summed E-state index contributed by atoms with van der Waals surface area (Å²) < 4.78 is 79.8. The predicted molar refractivity (Wildman–Crippen MR) is 127 cm³/mol. The van der Waals surface area contributed by atoms with E-state index in [1.54, 1.807) is 32.9 Å². The quantitative estimate of drug-likeness (QED) is 0.279. The number of aryl methyl sites for hydroxylation is 2. The van der Waals surface area contributed by atoms with Gasteiger partial charge in [0.15, 0.2) is 0 Å². The second-order valence-electron chi connectivity index (χ2n) is 9.45. The van der Waals surface area contributed by atoms with E-state index in [0.29, 0.717) is 24.2 Å². The third-order valence-corrected chi connectivity index (χ3v) is 6.13. The normalized spacial score (nSPS) is 13.9. The molecule has 2 aromatic carbocycles. The minimum Gasteiger partial charge on any atom is -0.326 e. The van der Waals surface area contributed by atoms with Gasteiger partial charge in [0, 0.05) is 17.9 Å². The van der Waals surface area contributed by atoms with Crippen LogP contribution in [0.15, 0.2) is 36.4 Å². The number of para-hydroxylation sites is 1. The molecule has 198 valence electrons. The van der Waals surface area contributed by atoms with Crippen LogP contribution in [0.5, 0.6) is 0 Å². The van der Waals surface area contributed by atoms with E-state index in [0.717, 1.165) is 11.1 Å². The molecule has 0 heterocycles. The zero-order valence-corrected chi connectivity index (χ0v) is 20.8. The number of rotatable bonds is 9. The van der Waals surface area contributed by atoms with Crippen molar-refractivity contribution in [2.45, 2.75) is 59.8 Å². The third kappa shape index (κ3) is 6.79. The molecule has 0 spiro atoms. The number of halogens is 6. The number of anilines is 2. The molecule has 0 radical (unpaired) electrons. The highest BCUT2D eigenvalue weighted by atomic mass is 19.4. The number of carbonyl (C=O) groups excluding carboxylic acids is 2. The molecule has 36 heavy (non-hydrogen) atoms. The van der Waals surface area contributed by atoms with E-state index in [1.165, 1.54) is 4.90 Å². The number of hydrogen-bond donors (Lipinski definition) is 1. The van der Waals surface area contributed by atoms with Crippen molar-refractivity contribution in [3.8, 4) is 0 Å². The first-order chi connectivity index (χ1) is 16.5. The van der Waals surface area contributed by atoms with E-state index in [9.17, 15) is 35.9 Å². The van der Waals surface area contributed by atoms with Crippen molar-refractivity contribution in [1.82, 2.24) is 0 Å². The van der Waals surface area contributed by atoms with Gasteiger partial charge in [-0.1, -0.05) is 39.0 Å². The number of benzene rings is 2. The molecule has 2 amide bonds. The largest absolute Gasteiger partial charge is 0.416 e. The molecule has 0 aliphatic carbocycles. The molecule has 0 aromatic heterocycles. The monoisotopic (exact) mass is 516 g/mol. The fraction of sp³-hybridized carbons (Fsp3) is 0.462. The topological polar surface area (TPSA) is 49.4 Å². The van der Waals surface area contributed by atoms with Crippen LogP contribution < -0.4 is 10.2 Å². The first kappa shape index (κ1) is 29.2. The van der Waals surface area contributed by atoms with Gasteiger partial charge < -0.3 is 10.2 Å². The van der Waals surface area contributed by atoms with Gasteiger partial charge in [-0.25, -0.2) is 0 Å². The lowest BCUT2D eigenvalue weighted by atomic mass is 9.76. The lowest BCUT2D eigenvalue weighted by Gasteiger charge is -2.37. The zero-order valence-electron chi connectivity index (χ0n) is 20.8. The second-order valence-corrected chi connectivity index (χ2v) is 9.45. The van der Waals surface area contributed by atoms with Crippen molar-refractivity contribution in [1.29, 1.82) is 0 Å². The maximum Gasteiger partial charge on any atom is 0.416 e. The molecule has 4 nitrogen and oxygen atoms in total. The van der Waals surface area contributed by atoms with Gasteiger partial charge in [-0.2, -0.15) is 26.3 Å². The average Bonchev–Trinajstić information content (AvgIpc) is 2.75. The summed E-state index contributed by atoms with van der Waals surface area (Å²) in [6, 6.07) is 6.38. The SMILES string of the molecule is CC[C@@](CC(C)C)(CN(C=O)c1c(C)cccc1C)C(=O)Nc1cc(C(F)(F)F)cc(C(F)(F)F)c1. The lowest BCUT2D eigenvalue weighted by molar-refractivity contribution is -0.143. The first-order valence-electron chi connectivity index (χ1n) is 11.4. The minimum absolute atomic E-state index is 0.00588. The first-order valence-corrected chi connectivity index (χ1v) is 11.4. The van der Waals surface area contributed by atoms with E-state index >= 15 is 0 Å². The summed E-state index contributed by atoms with van der Waals surface area (Å²) in [6.45, 7) is 8.88. The Balaban J connectivity index is 2.56. The molecule has 0 saturated carbocycles. The summed E-state index contributed by atoms with van der Waals surface area (Å²) in [5.41, 5.74) is -2.79. The Morgan fingerprint density at radius 1 is 0.972 bits per heavy atom. The van der Waals surface area contributed by atoms with Gasteiger partial charge in [0.2, 0.25) is 12.3 Å². The molecule has 1 atom stereocenters. The Morgan fingerprint density at radius 3 is 1.86 bits per heavy atom. The Labute approximate surface area is 206 Å². The van der Waals surface area contributed by atoms with Gasteiger partial charge in [-0.05, 0) is 61.9 Å². The summed E-state index contributed by atoms with van der Waals surface area (Å²) in [7, 11) is 0. The summed E-state index contributed by atoms with van der Waals surface area (Å²) >= 11 is 0. The maximum atomic E-state index is 13.6. The lowest BCUT2D eigenvalue weighted by Crippen LogP contribution is -2.46. The van der Waals surface area contributed by atoms with Gasteiger partial charge in [-0.3, -0.25) is 9.59 Å². The van der Waals surface area contributed by atoms with Crippen LogP contribution >= 0.6 is 0 Å².